The first-order chi connectivity index (χ1) is 6.62. The van der Waals surface area contributed by atoms with E-state index in [2.05, 4.69) is 0 Å². The lowest BCUT2D eigenvalue weighted by atomic mass is 9.85. The SMILES string of the molecule is CC(C)(O)c1ccc(F)cc1C(C)(C)O. The van der Waals surface area contributed by atoms with Crippen molar-refractivity contribution in [2.24, 2.45) is 0 Å². The maximum Gasteiger partial charge on any atom is 0.123 e. The maximum absolute atomic E-state index is 13.1. The Morgan fingerprint density at radius 3 is 1.80 bits per heavy atom. The monoisotopic (exact) mass is 212 g/mol. The lowest BCUT2D eigenvalue weighted by molar-refractivity contribution is 0.0521. The van der Waals surface area contributed by atoms with Crippen LogP contribution in [0.1, 0.15) is 38.8 Å². The van der Waals surface area contributed by atoms with Crippen molar-refractivity contribution in [3.8, 4) is 0 Å². The number of hydrogen-bond donors (Lipinski definition) is 2. The molecular formula is C12H17FO2. The van der Waals surface area contributed by atoms with E-state index in [9.17, 15) is 14.6 Å². The van der Waals surface area contributed by atoms with Gasteiger partial charge in [0.05, 0.1) is 11.2 Å². The van der Waals surface area contributed by atoms with Gasteiger partial charge in [-0.25, -0.2) is 4.39 Å². The van der Waals surface area contributed by atoms with Crippen LogP contribution in [0.4, 0.5) is 4.39 Å². The van der Waals surface area contributed by atoms with Crippen molar-refractivity contribution in [3.63, 3.8) is 0 Å². The van der Waals surface area contributed by atoms with Crippen LogP contribution in [0.25, 0.3) is 0 Å². The van der Waals surface area contributed by atoms with Crippen LogP contribution >= 0.6 is 0 Å². The van der Waals surface area contributed by atoms with Crippen LogP contribution in [0.15, 0.2) is 18.2 Å². The van der Waals surface area contributed by atoms with E-state index in [0.717, 1.165) is 0 Å². The summed E-state index contributed by atoms with van der Waals surface area (Å²) < 4.78 is 13.1. The quantitative estimate of drug-likeness (QED) is 0.789. The number of rotatable bonds is 2. The number of hydrogen-bond acceptors (Lipinski definition) is 2. The van der Waals surface area contributed by atoms with Crippen LogP contribution in [0.2, 0.25) is 0 Å². The van der Waals surface area contributed by atoms with E-state index >= 15 is 0 Å². The molecule has 0 bridgehead atoms. The van der Waals surface area contributed by atoms with Crippen LogP contribution in [0.3, 0.4) is 0 Å². The molecule has 0 radical (unpaired) electrons. The number of benzene rings is 1. The molecule has 84 valence electrons. The molecule has 0 aliphatic heterocycles. The Morgan fingerprint density at radius 1 is 0.933 bits per heavy atom. The van der Waals surface area contributed by atoms with E-state index in [4.69, 9.17) is 0 Å². The second-order valence-corrected chi connectivity index (χ2v) is 4.81. The second-order valence-electron chi connectivity index (χ2n) is 4.81. The minimum atomic E-state index is -1.17. The minimum Gasteiger partial charge on any atom is -0.386 e. The Balaban J connectivity index is 3.41. The molecular weight excluding hydrogens is 195 g/mol. The molecule has 1 rings (SSSR count). The Hall–Kier alpha value is -0.930. The molecule has 0 aliphatic carbocycles. The lowest BCUT2D eigenvalue weighted by Crippen LogP contribution is -2.25. The average Bonchev–Trinajstić information content (AvgIpc) is 2.00. The van der Waals surface area contributed by atoms with E-state index in [-0.39, 0.29) is 0 Å². The fourth-order valence-electron chi connectivity index (χ4n) is 1.56. The third kappa shape index (κ3) is 2.76. The van der Waals surface area contributed by atoms with Gasteiger partial charge in [0.2, 0.25) is 0 Å². The number of aliphatic hydroxyl groups is 2. The van der Waals surface area contributed by atoms with Crippen molar-refractivity contribution in [3.05, 3.63) is 35.1 Å². The average molecular weight is 212 g/mol. The molecule has 1 aromatic rings. The van der Waals surface area contributed by atoms with Crippen molar-refractivity contribution < 1.29 is 14.6 Å². The van der Waals surface area contributed by atoms with Crippen LogP contribution in [-0.2, 0) is 11.2 Å². The third-order valence-corrected chi connectivity index (χ3v) is 2.30. The first kappa shape index (κ1) is 12.1. The molecule has 0 saturated heterocycles. The van der Waals surface area contributed by atoms with Gasteiger partial charge in [0.25, 0.3) is 0 Å². The smallest absolute Gasteiger partial charge is 0.123 e. The highest BCUT2D eigenvalue weighted by molar-refractivity contribution is 5.35. The maximum atomic E-state index is 13.1. The van der Waals surface area contributed by atoms with Gasteiger partial charge in [0.1, 0.15) is 5.82 Å². The molecule has 1 aromatic carbocycles. The first-order valence-corrected chi connectivity index (χ1v) is 4.87. The van der Waals surface area contributed by atoms with Crippen molar-refractivity contribution in [2.45, 2.75) is 38.9 Å². The fourth-order valence-corrected chi connectivity index (χ4v) is 1.56. The van der Waals surface area contributed by atoms with E-state index in [1.807, 2.05) is 0 Å². The van der Waals surface area contributed by atoms with Gasteiger partial charge in [-0.15, -0.1) is 0 Å². The largest absolute Gasteiger partial charge is 0.386 e. The molecule has 0 aromatic heterocycles. The summed E-state index contributed by atoms with van der Waals surface area (Å²) in [5.74, 6) is -0.417. The molecule has 0 saturated carbocycles. The zero-order chi connectivity index (χ0) is 11.9. The molecule has 2 N–H and O–H groups in total. The summed E-state index contributed by atoms with van der Waals surface area (Å²) in [5.41, 5.74) is -1.31. The molecule has 0 aliphatic rings. The Kier molecular flexibility index (Phi) is 2.90. The van der Waals surface area contributed by atoms with Crippen LogP contribution in [0.5, 0.6) is 0 Å². The van der Waals surface area contributed by atoms with Crippen molar-refractivity contribution in [1.29, 1.82) is 0 Å². The summed E-state index contributed by atoms with van der Waals surface area (Å²) >= 11 is 0. The minimum absolute atomic E-state index is 0.412. The summed E-state index contributed by atoms with van der Waals surface area (Å²) in [5, 5.41) is 19.8. The molecule has 0 unspecified atom stereocenters. The first-order valence-electron chi connectivity index (χ1n) is 4.87. The van der Waals surface area contributed by atoms with Gasteiger partial charge in [0.15, 0.2) is 0 Å². The fraction of sp³-hybridized carbons (Fsp3) is 0.500. The summed E-state index contributed by atoms with van der Waals surface area (Å²) in [6, 6.07) is 4.04. The molecule has 15 heavy (non-hydrogen) atoms. The number of halogens is 1. The van der Waals surface area contributed by atoms with Gasteiger partial charge >= 0.3 is 0 Å². The van der Waals surface area contributed by atoms with Gasteiger partial charge in [-0.3, -0.25) is 0 Å². The highest BCUT2D eigenvalue weighted by Crippen LogP contribution is 2.31. The highest BCUT2D eigenvalue weighted by atomic mass is 19.1. The molecule has 0 atom stereocenters. The lowest BCUT2D eigenvalue weighted by Gasteiger charge is -2.28. The molecule has 2 nitrogen and oxygen atoms in total. The zero-order valence-electron chi connectivity index (χ0n) is 9.50. The third-order valence-electron chi connectivity index (χ3n) is 2.30. The van der Waals surface area contributed by atoms with Crippen LogP contribution in [-0.4, -0.2) is 10.2 Å². The van der Waals surface area contributed by atoms with Gasteiger partial charge in [-0.2, -0.15) is 0 Å². The predicted octanol–water partition coefficient (Wildman–Crippen LogP) is 2.28. The Labute approximate surface area is 89.4 Å². The van der Waals surface area contributed by atoms with E-state index in [0.29, 0.717) is 11.1 Å². The van der Waals surface area contributed by atoms with Gasteiger partial charge in [0, 0.05) is 0 Å². The molecule has 0 spiro atoms. The van der Waals surface area contributed by atoms with E-state index in [1.165, 1.54) is 18.2 Å². The van der Waals surface area contributed by atoms with E-state index < -0.39 is 17.0 Å². The van der Waals surface area contributed by atoms with Crippen LogP contribution < -0.4 is 0 Å². The topological polar surface area (TPSA) is 40.5 Å². The second kappa shape index (κ2) is 3.58. The molecule has 0 amide bonds. The van der Waals surface area contributed by atoms with Gasteiger partial charge in [-0.1, -0.05) is 6.07 Å². The summed E-state index contributed by atoms with van der Waals surface area (Å²) in [7, 11) is 0. The standard InChI is InChI=1S/C12H17FO2/c1-11(2,14)9-6-5-8(13)7-10(9)12(3,4)15/h5-7,14-15H,1-4H3. The van der Waals surface area contributed by atoms with Crippen molar-refractivity contribution >= 4 is 0 Å². The summed E-state index contributed by atoms with van der Waals surface area (Å²) in [6.07, 6.45) is 0. The Morgan fingerprint density at radius 2 is 1.40 bits per heavy atom. The van der Waals surface area contributed by atoms with Crippen molar-refractivity contribution in [1.82, 2.24) is 0 Å². The van der Waals surface area contributed by atoms with Crippen LogP contribution in [0, 0.1) is 5.82 Å². The molecule has 0 heterocycles. The summed E-state index contributed by atoms with van der Waals surface area (Å²) in [4.78, 5) is 0. The van der Waals surface area contributed by atoms with Gasteiger partial charge < -0.3 is 10.2 Å². The van der Waals surface area contributed by atoms with Gasteiger partial charge in [-0.05, 0) is 51.0 Å². The highest BCUT2D eigenvalue weighted by Gasteiger charge is 2.27. The summed E-state index contributed by atoms with van der Waals surface area (Å²) in [6.45, 7) is 6.35. The van der Waals surface area contributed by atoms with Crippen molar-refractivity contribution in [2.75, 3.05) is 0 Å². The Bertz CT molecular complexity index is 359. The van der Waals surface area contributed by atoms with E-state index in [1.54, 1.807) is 27.7 Å². The molecule has 0 fully saturated rings. The zero-order valence-corrected chi connectivity index (χ0v) is 9.50. The molecule has 3 heteroatoms. The predicted molar refractivity (Wildman–Crippen MR) is 56.9 cm³/mol. The normalized spacial score (nSPS) is 13.0.